The predicted octanol–water partition coefficient (Wildman–Crippen LogP) is 7.03. The van der Waals surface area contributed by atoms with Crippen LogP contribution in [-0.4, -0.2) is 18.3 Å². The van der Waals surface area contributed by atoms with Crippen LogP contribution < -0.4 is 0 Å². The van der Waals surface area contributed by atoms with Crippen molar-refractivity contribution in [3.8, 4) is 0 Å². The van der Waals surface area contributed by atoms with Crippen LogP contribution >= 0.6 is 15.9 Å². The maximum Gasteiger partial charge on any atom is 0.490 e. The molecule has 0 aromatic heterocycles. The number of hydrogen-bond acceptors (Lipinski definition) is 2. The highest BCUT2D eigenvalue weighted by Gasteiger charge is 2.52. The molecule has 1 fully saturated rings. The molecule has 0 atom stereocenters. The number of benzene rings is 2. The van der Waals surface area contributed by atoms with Crippen LogP contribution in [0.5, 0.6) is 0 Å². The van der Waals surface area contributed by atoms with E-state index in [1.54, 1.807) is 0 Å². The molecule has 1 aliphatic heterocycles. The number of fused-ring (bicyclic) bond motifs is 1. The lowest BCUT2D eigenvalue weighted by Gasteiger charge is -2.32. The summed E-state index contributed by atoms with van der Waals surface area (Å²) < 4.78 is 13.2. The lowest BCUT2D eigenvalue weighted by atomic mass is 9.73. The molecule has 0 N–H and O–H groups in total. The minimum Gasteiger partial charge on any atom is -0.400 e. The van der Waals surface area contributed by atoms with Crippen molar-refractivity contribution >= 4 is 33.8 Å². The third kappa shape index (κ3) is 4.50. The highest BCUT2D eigenvalue weighted by molar-refractivity contribution is 9.10. The number of hydrogen-bond donors (Lipinski definition) is 0. The van der Waals surface area contributed by atoms with Crippen molar-refractivity contribution in [2.24, 2.45) is 0 Å². The smallest absolute Gasteiger partial charge is 0.400 e. The maximum absolute atomic E-state index is 6.01. The third-order valence-corrected chi connectivity index (χ3v) is 6.66. The van der Waals surface area contributed by atoms with Crippen LogP contribution in [0.4, 0.5) is 0 Å². The van der Waals surface area contributed by atoms with Crippen LogP contribution in [0.15, 0.2) is 52.4 Å². The molecule has 2 nitrogen and oxygen atoms in total. The van der Waals surface area contributed by atoms with Gasteiger partial charge >= 0.3 is 7.12 Å². The molecule has 0 radical (unpaired) electrons. The standard InChI is InChI=1S/C12H21BO2.C11H9Br/c1-11(2)12(3,4)15-13(14-11)10-8-6-5-7-9-10;1-8-6-7-11(12)10-5-3-2-4-9(8)10/h8H,5-7,9H2,1-4H3;2-7H,1H3. The second-order valence-corrected chi connectivity index (χ2v) is 9.38. The van der Waals surface area contributed by atoms with E-state index >= 15 is 0 Å². The summed E-state index contributed by atoms with van der Waals surface area (Å²) in [6.45, 7) is 10.6. The normalized spacial score (nSPS) is 20.8. The SMILES string of the molecule is CC1(C)OB(C2=CCCCC2)OC1(C)C.Cc1ccc(Br)c2ccccc12. The maximum atomic E-state index is 6.01. The predicted molar refractivity (Wildman–Crippen MR) is 119 cm³/mol. The Labute approximate surface area is 172 Å². The molecule has 4 rings (SSSR count). The summed E-state index contributed by atoms with van der Waals surface area (Å²) in [5, 5.41) is 2.62. The van der Waals surface area contributed by atoms with Crippen molar-refractivity contribution in [3.63, 3.8) is 0 Å². The minimum atomic E-state index is -0.198. The van der Waals surface area contributed by atoms with Crippen molar-refractivity contribution < 1.29 is 9.31 Å². The van der Waals surface area contributed by atoms with E-state index in [0.29, 0.717) is 0 Å². The molecule has 0 bridgehead atoms. The van der Waals surface area contributed by atoms with Gasteiger partial charge in [0, 0.05) is 4.47 Å². The average molecular weight is 429 g/mol. The zero-order valence-corrected chi connectivity index (χ0v) is 18.7. The minimum absolute atomic E-state index is 0.102. The number of halogens is 1. The molecule has 0 unspecified atom stereocenters. The van der Waals surface area contributed by atoms with Gasteiger partial charge in [0.2, 0.25) is 0 Å². The van der Waals surface area contributed by atoms with Gasteiger partial charge in [-0.05, 0) is 88.2 Å². The zero-order valence-electron chi connectivity index (χ0n) is 17.1. The molecule has 1 heterocycles. The van der Waals surface area contributed by atoms with Crippen molar-refractivity contribution in [2.75, 3.05) is 0 Å². The van der Waals surface area contributed by atoms with Gasteiger partial charge in [-0.25, -0.2) is 0 Å². The van der Waals surface area contributed by atoms with Gasteiger partial charge in [-0.15, -0.1) is 0 Å². The number of aryl methyl sites for hydroxylation is 1. The van der Waals surface area contributed by atoms with Crippen LogP contribution in [0.3, 0.4) is 0 Å². The van der Waals surface area contributed by atoms with Gasteiger partial charge in [0.1, 0.15) is 0 Å². The molecule has 1 saturated heterocycles. The quantitative estimate of drug-likeness (QED) is 0.454. The number of rotatable bonds is 1. The Morgan fingerprint density at radius 1 is 0.889 bits per heavy atom. The molecule has 144 valence electrons. The average Bonchev–Trinajstić information content (AvgIpc) is 2.87. The van der Waals surface area contributed by atoms with E-state index < -0.39 is 0 Å². The monoisotopic (exact) mass is 428 g/mol. The molecular weight excluding hydrogens is 399 g/mol. The van der Waals surface area contributed by atoms with Crippen LogP contribution in [0.25, 0.3) is 10.8 Å². The van der Waals surface area contributed by atoms with Gasteiger partial charge in [-0.3, -0.25) is 0 Å². The molecule has 2 aromatic rings. The Morgan fingerprint density at radius 3 is 2.07 bits per heavy atom. The van der Waals surface area contributed by atoms with Crippen LogP contribution in [0.2, 0.25) is 0 Å². The van der Waals surface area contributed by atoms with Crippen molar-refractivity contribution in [2.45, 2.75) is 71.5 Å². The van der Waals surface area contributed by atoms with Crippen LogP contribution in [0, 0.1) is 6.92 Å². The Kier molecular flexibility index (Phi) is 6.19. The van der Waals surface area contributed by atoms with Crippen molar-refractivity contribution in [1.82, 2.24) is 0 Å². The fraction of sp³-hybridized carbons (Fsp3) is 0.478. The molecule has 27 heavy (non-hydrogen) atoms. The Balaban J connectivity index is 0.000000159. The van der Waals surface area contributed by atoms with E-state index in [9.17, 15) is 0 Å². The fourth-order valence-corrected chi connectivity index (χ4v) is 3.96. The Bertz CT molecular complexity index is 785. The summed E-state index contributed by atoms with van der Waals surface area (Å²) in [5.74, 6) is 0. The lowest BCUT2D eigenvalue weighted by Crippen LogP contribution is -2.41. The first-order valence-corrected chi connectivity index (χ1v) is 10.7. The van der Waals surface area contributed by atoms with E-state index in [2.05, 4.69) is 93.0 Å². The van der Waals surface area contributed by atoms with Gasteiger partial charge < -0.3 is 9.31 Å². The van der Waals surface area contributed by atoms with E-state index in [1.165, 1.54) is 45.5 Å². The summed E-state index contributed by atoms with van der Waals surface area (Å²) in [6.07, 6.45) is 7.20. The molecule has 0 spiro atoms. The summed E-state index contributed by atoms with van der Waals surface area (Å²) in [4.78, 5) is 0. The van der Waals surface area contributed by atoms with Gasteiger partial charge in [0.25, 0.3) is 0 Å². The molecule has 0 saturated carbocycles. The lowest BCUT2D eigenvalue weighted by molar-refractivity contribution is 0.00578. The topological polar surface area (TPSA) is 18.5 Å². The second kappa shape index (κ2) is 8.10. The molecular formula is C23H30BBrO2. The first kappa shape index (κ1) is 20.6. The molecule has 1 aliphatic carbocycles. The van der Waals surface area contributed by atoms with Crippen molar-refractivity contribution in [3.05, 3.63) is 58.0 Å². The highest BCUT2D eigenvalue weighted by Crippen LogP contribution is 2.40. The van der Waals surface area contributed by atoms with E-state index in [4.69, 9.17) is 9.31 Å². The fourth-order valence-electron chi connectivity index (χ4n) is 3.48. The van der Waals surface area contributed by atoms with Gasteiger partial charge in [0.15, 0.2) is 0 Å². The Morgan fingerprint density at radius 2 is 1.52 bits per heavy atom. The summed E-state index contributed by atoms with van der Waals surface area (Å²) in [6, 6.07) is 12.6. The largest absolute Gasteiger partial charge is 0.490 e. The first-order chi connectivity index (χ1) is 12.7. The molecule has 2 aromatic carbocycles. The van der Waals surface area contributed by atoms with E-state index in [-0.39, 0.29) is 18.3 Å². The van der Waals surface area contributed by atoms with Crippen LogP contribution in [0.1, 0.15) is 58.9 Å². The van der Waals surface area contributed by atoms with Crippen LogP contribution in [-0.2, 0) is 9.31 Å². The summed E-state index contributed by atoms with van der Waals surface area (Å²) >= 11 is 3.53. The van der Waals surface area contributed by atoms with E-state index in [1.807, 2.05) is 0 Å². The van der Waals surface area contributed by atoms with Crippen molar-refractivity contribution in [1.29, 1.82) is 0 Å². The first-order valence-electron chi connectivity index (χ1n) is 9.90. The van der Waals surface area contributed by atoms with E-state index in [0.717, 1.165) is 6.42 Å². The third-order valence-electron chi connectivity index (χ3n) is 5.97. The molecule has 0 amide bonds. The summed E-state index contributed by atoms with van der Waals surface area (Å²) in [5.41, 5.74) is 2.28. The highest BCUT2D eigenvalue weighted by atomic mass is 79.9. The molecule has 4 heteroatoms. The van der Waals surface area contributed by atoms with Gasteiger partial charge in [-0.1, -0.05) is 52.3 Å². The number of allylic oxidation sites excluding steroid dienone is 2. The van der Waals surface area contributed by atoms with Gasteiger partial charge in [0.05, 0.1) is 11.2 Å². The second-order valence-electron chi connectivity index (χ2n) is 8.52. The summed E-state index contributed by atoms with van der Waals surface area (Å²) in [7, 11) is -0.102. The zero-order chi connectivity index (χ0) is 19.7. The Hall–Kier alpha value is -1.10. The van der Waals surface area contributed by atoms with Gasteiger partial charge in [-0.2, -0.15) is 0 Å². The molecule has 2 aliphatic rings.